The number of carboxylic acids is 1. The number of fused-ring (bicyclic) bond motifs is 2. The second-order valence-corrected chi connectivity index (χ2v) is 20.2. The van der Waals surface area contributed by atoms with Crippen molar-refractivity contribution in [2.45, 2.75) is 111 Å². The van der Waals surface area contributed by atoms with Gasteiger partial charge in [0.1, 0.15) is 65.0 Å². The number of benzene rings is 5. The molecule has 1 amide bonds. The van der Waals surface area contributed by atoms with E-state index < -0.39 is 222 Å². The van der Waals surface area contributed by atoms with Crippen LogP contribution in [0.4, 0.5) is 0 Å². The molecule has 5 aromatic carbocycles. The summed E-state index contributed by atoms with van der Waals surface area (Å²) in [5, 5.41) is 196. The fourth-order valence-electron chi connectivity index (χ4n) is 10.7. The molecule has 14 atom stereocenters. The van der Waals surface area contributed by atoms with Gasteiger partial charge >= 0.3 is 11.9 Å². The molecular formula is C54H57NO29. The first-order valence-electron chi connectivity index (χ1n) is 25.4. The average molecular weight is 1180 g/mol. The molecule has 30 nitrogen and oxygen atoms in total. The highest BCUT2D eigenvalue weighted by molar-refractivity contribution is 5.91. The van der Waals surface area contributed by atoms with Gasteiger partial charge in [0.15, 0.2) is 88.7 Å². The standard InChI is InChI=1S/C54H57NO29/c1-77-47-33(66)14-36(81-48-42(71)43(72)54(78-2)84-50(48)52(74)75)82-49(47)51(73)55-15-19(3-20-24(57)13-34-22(38(20)67)10-32(65)44(79-34)16-4-26(59)39(68)27(60)5-16)37-25(58)12-23(56)21-11-35(80-53(76)18-8-30(63)41(70)31(64)9-18)45(83-46(21)37)17-6-28(61)40(69)29(62)7-17/h4-9,12-13,19,32-33,35-36,42-45,47-50,54,56-72H,3,10-11,14-15H2,1-2H3,(H,55,73)(H,74,75)/t19?,32-,33?,35-,36?,42?,43?,44-,45-,47?,48?,49?,50?,54?/m1/s1. The van der Waals surface area contributed by atoms with Crippen LogP contribution in [0.5, 0.6) is 86.2 Å². The lowest BCUT2D eigenvalue weighted by Gasteiger charge is -2.44. The Morgan fingerprint density at radius 1 is 0.595 bits per heavy atom. The number of phenolic OH excluding ortho intramolecular Hbond substituents is 13. The van der Waals surface area contributed by atoms with E-state index in [4.69, 9.17) is 37.9 Å². The Bertz CT molecular complexity index is 3300. The van der Waals surface area contributed by atoms with Gasteiger partial charge in [-0.05, 0) is 42.8 Å². The summed E-state index contributed by atoms with van der Waals surface area (Å²) in [4.78, 5) is 40.6. The molecular weight excluding hydrogens is 1130 g/mol. The predicted molar refractivity (Wildman–Crippen MR) is 273 cm³/mol. The minimum Gasteiger partial charge on any atom is -0.507 e. The van der Waals surface area contributed by atoms with Gasteiger partial charge in [0, 0.05) is 91.5 Å². The Hall–Kier alpha value is -8.85. The van der Waals surface area contributed by atoms with Crippen LogP contribution < -0.4 is 14.8 Å². The molecule has 5 aromatic rings. The fraction of sp³-hybridized carbons (Fsp3) is 0.389. The van der Waals surface area contributed by atoms with Crippen LogP contribution in [0.1, 0.15) is 68.3 Å². The topological polar surface area (TPSA) is 501 Å². The number of rotatable bonds is 15. The summed E-state index contributed by atoms with van der Waals surface area (Å²) in [5.41, 5.74) is -1.89. The third-order valence-electron chi connectivity index (χ3n) is 14.9. The van der Waals surface area contributed by atoms with E-state index in [-0.39, 0.29) is 39.1 Å². The van der Waals surface area contributed by atoms with E-state index in [0.717, 1.165) is 62.8 Å². The number of nitrogens with one attached hydrogen (secondary N) is 1. The summed E-state index contributed by atoms with van der Waals surface area (Å²) in [5.74, 6) is -17.3. The zero-order valence-electron chi connectivity index (χ0n) is 43.8. The van der Waals surface area contributed by atoms with Crippen LogP contribution in [-0.4, -0.2) is 198 Å². The van der Waals surface area contributed by atoms with Crippen molar-refractivity contribution in [2.75, 3.05) is 20.8 Å². The number of ether oxygens (including phenoxy) is 8. The minimum atomic E-state index is -1.99. The molecule has 4 aliphatic rings. The van der Waals surface area contributed by atoms with E-state index in [9.17, 15) is 106 Å². The van der Waals surface area contributed by atoms with Crippen LogP contribution in [0.25, 0.3) is 0 Å². The lowest BCUT2D eigenvalue weighted by Crippen LogP contribution is -2.63. The van der Waals surface area contributed by atoms with Gasteiger partial charge in [0.05, 0.1) is 17.8 Å². The molecule has 2 fully saturated rings. The first kappa shape index (κ1) is 59.8. The van der Waals surface area contributed by atoms with E-state index in [2.05, 4.69) is 5.32 Å². The maximum Gasteiger partial charge on any atom is 0.338 e. The maximum absolute atomic E-state index is 14.6. The van der Waals surface area contributed by atoms with E-state index in [1.165, 1.54) is 0 Å². The van der Waals surface area contributed by atoms with E-state index in [0.29, 0.717) is 0 Å². The summed E-state index contributed by atoms with van der Waals surface area (Å²) in [7, 11) is 2.18. The van der Waals surface area contributed by atoms with Gasteiger partial charge in [-0.25, -0.2) is 9.59 Å². The van der Waals surface area contributed by atoms with Crippen molar-refractivity contribution in [2.24, 2.45) is 0 Å². The Balaban J connectivity index is 1.11. The molecule has 0 spiro atoms. The summed E-state index contributed by atoms with van der Waals surface area (Å²) < 4.78 is 45.6. The number of carboxylic acid groups (broad SMARTS) is 1. The third kappa shape index (κ3) is 11.2. The number of aliphatic hydroxyl groups is 4. The summed E-state index contributed by atoms with van der Waals surface area (Å²) in [6.45, 7) is -0.728. The molecule has 84 heavy (non-hydrogen) atoms. The Labute approximate surface area is 472 Å². The van der Waals surface area contributed by atoms with Gasteiger partial charge in [0.25, 0.3) is 5.91 Å². The van der Waals surface area contributed by atoms with Crippen LogP contribution in [-0.2, 0) is 57.3 Å². The van der Waals surface area contributed by atoms with Crippen LogP contribution >= 0.6 is 0 Å². The molecule has 4 aliphatic heterocycles. The minimum absolute atomic E-state index is 0.0356. The van der Waals surface area contributed by atoms with Gasteiger partial charge in [0.2, 0.25) is 0 Å². The number of hydrogen-bond donors (Lipinski definition) is 19. The molecule has 2 saturated heterocycles. The van der Waals surface area contributed by atoms with Gasteiger partial charge in [-0.1, -0.05) is 0 Å². The van der Waals surface area contributed by atoms with Crippen molar-refractivity contribution in [1.29, 1.82) is 0 Å². The Morgan fingerprint density at radius 2 is 1.18 bits per heavy atom. The number of hydrogen-bond acceptors (Lipinski definition) is 28. The highest BCUT2D eigenvalue weighted by Crippen LogP contribution is 2.53. The molecule has 0 saturated carbocycles. The van der Waals surface area contributed by atoms with Crippen LogP contribution in [0.2, 0.25) is 0 Å². The fourth-order valence-corrected chi connectivity index (χ4v) is 10.7. The van der Waals surface area contributed by atoms with Crippen molar-refractivity contribution >= 4 is 17.8 Å². The number of aliphatic carboxylic acids is 1. The molecule has 0 radical (unpaired) electrons. The molecule has 0 bridgehead atoms. The quantitative estimate of drug-likeness (QED) is 0.0495. The highest BCUT2D eigenvalue weighted by atomic mass is 16.7. The second-order valence-electron chi connectivity index (χ2n) is 20.2. The molecule has 452 valence electrons. The SMILES string of the molecule is COC1OC(C(=O)O)C(OC2CC(O)C(OC)C(C(=O)NCC(Cc3c(O)cc4c(c3O)C[C@@H](O)[C@@H](c3cc(O)c(O)c(O)c3)O4)c3c(O)cc(O)c4c3O[C@H](c3cc(O)c(O)c(O)c3)[C@H](OC(=O)c3cc(O)c(O)c(O)c3)C4)O2)C(O)C1O. The Morgan fingerprint density at radius 3 is 1.75 bits per heavy atom. The Kier molecular flexibility index (Phi) is 16.7. The molecule has 19 N–H and O–H groups in total. The first-order chi connectivity index (χ1) is 39.7. The predicted octanol–water partition coefficient (Wildman–Crippen LogP) is 0.295. The highest BCUT2D eigenvalue weighted by Gasteiger charge is 2.52. The molecule has 0 aromatic heterocycles. The largest absolute Gasteiger partial charge is 0.507 e. The maximum atomic E-state index is 14.6. The van der Waals surface area contributed by atoms with Gasteiger partial charge < -0.3 is 135 Å². The number of methoxy groups -OCH3 is 2. The van der Waals surface area contributed by atoms with Crippen molar-refractivity contribution in [1.82, 2.24) is 5.32 Å². The number of amides is 1. The summed E-state index contributed by atoms with van der Waals surface area (Å²) in [6, 6.07) is 7.12. The average Bonchev–Trinajstić information content (AvgIpc) is 2.91. The molecule has 30 heteroatoms. The number of esters is 1. The summed E-state index contributed by atoms with van der Waals surface area (Å²) in [6.07, 6.45) is -24.6. The van der Waals surface area contributed by atoms with Crippen molar-refractivity contribution in [3.8, 4) is 86.2 Å². The van der Waals surface area contributed by atoms with Crippen molar-refractivity contribution < 1.29 is 144 Å². The van der Waals surface area contributed by atoms with E-state index >= 15 is 0 Å². The van der Waals surface area contributed by atoms with Crippen molar-refractivity contribution in [3.63, 3.8) is 0 Å². The van der Waals surface area contributed by atoms with Gasteiger partial charge in [-0.2, -0.15) is 0 Å². The zero-order chi connectivity index (χ0) is 61.1. The number of carbonyl (C=O) groups is 3. The number of phenols is 13. The van der Waals surface area contributed by atoms with E-state index in [1.807, 2.05) is 0 Å². The lowest BCUT2D eigenvalue weighted by molar-refractivity contribution is -0.330. The normalized spacial score (nSPS) is 26.8. The lowest BCUT2D eigenvalue weighted by atomic mass is 9.84. The first-order valence-corrected chi connectivity index (χ1v) is 25.4. The molecule has 10 unspecified atom stereocenters. The molecule has 0 aliphatic carbocycles. The molecule has 9 rings (SSSR count). The molecule has 4 heterocycles. The van der Waals surface area contributed by atoms with Crippen LogP contribution in [0, 0.1) is 0 Å². The second kappa shape index (κ2) is 23.4. The van der Waals surface area contributed by atoms with Gasteiger partial charge in [-0.3, -0.25) is 4.79 Å². The number of aromatic hydroxyl groups is 13. The van der Waals surface area contributed by atoms with E-state index in [1.54, 1.807) is 0 Å². The zero-order valence-corrected chi connectivity index (χ0v) is 43.8. The van der Waals surface area contributed by atoms with Crippen LogP contribution in [0.3, 0.4) is 0 Å². The summed E-state index contributed by atoms with van der Waals surface area (Å²) >= 11 is 0. The smallest absolute Gasteiger partial charge is 0.338 e. The number of carbonyl (C=O) groups excluding carboxylic acids is 2. The number of aliphatic hydroxyl groups excluding tert-OH is 4. The third-order valence-corrected chi connectivity index (χ3v) is 14.9. The monoisotopic (exact) mass is 1180 g/mol. The van der Waals surface area contributed by atoms with Gasteiger partial charge in [-0.15, -0.1) is 0 Å². The van der Waals surface area contributed by atoms with Crippen LogP contribution in [0.15, 0.2) is 48.5 Å². The van der Waals surface area contributed by atoms with Crippen molar-refractivity contribution in [3.05, 3.63) is 87.5 Å².